The number of benzene rings is 1. The predicted molar refractivity (Wildman–Crippen MR) is 73.6 cm³/mol. The van der Waals surface area contributed by atoms with Crippen LogP contribution in [0.25, 0.3) is 0 Å². The second-order valence-corrected chi connectivity index (χ2v) is 6.73. The highest BCUT2D eigenvalue weighted by Crippen LogP contribution is 2.38. The van der Waals surface area contributed by atoms with Crippen LogP contribution >= 0.6 is 23.5 Å². The Kier molecular flexibility index (Phi) is 3.46. The van der Waals surface area contributed by atoms with Crippen LogP contribution in [0.15, 0.2) is 29.2 Å². The molecule has 1 aromatic rings. The Bertz CT molecular complexity index is 361. The van der Waals surface area contributed by atoms with Crippen LogP contribution in [0.1, 0.15) is 17.9 Å². The predicted octanol–water partition coefficient (Wildman–Crippen LogP) is 2.97. The van der Waals surface area contributed by atoms with Crippen molar-refractivity contribution in [2.24, 2.45) is 0 Å². The largest absolute Gasteiger partial charge is 0.312 e. The maximum Gasteiger partial charge on any atom is 0.0166 e. The maximum atomic E-state index is 3.73. The van der Waals surface area contributed by atoms with Crippen molar-refractivity contribution in [3.05, 3.63) is 29.8 Å². The van der Waals surface area contributed by atoms with Gasteiger partial charge in [0.05, 0.1) is 0 Å². The van der Waals surface area contributed by atoms with Crippen molar-refractivity contribution >= 4 is 23.5 Å². The van der Waals surface area contributed by atoms with Gasteiger partial charge in [-0.1, -0.05) is 18.2 Å². The molecule has 2 atom stereocenters. The zero-order valence-corrected chi connectivity index (χ0v) is 10.9. The summed E-state index contributed by atoms with van der Waals surface area (Å²) in [5, 5.41) is 3.73. The molecule has 2 unspecified atom stereocenters. The number of nitrogens with one attached hydrogen (secondary N) is 1. The molecule has 1 nitrogen and oxygen atoms in total. The molecule has 0 aromatic heterocycles. The Balaban J connectivity index is 1.60. The first-order valence-corrected chi connectivity index (χ1v) is 8.10. The summed E-state index contributed by atoms with van der Waals surface area (Å²) in [7, 11) is 0. The summed E-state index contributed by atoms with van der Waals surface area (Å²) in [4.78, 5) is 1.50. The van der Waals surface area contributed by atoms with Crippen molar-refractivity contribution in [3.63, 3.8) is 0 Å². The van der Waals surface area contributed by atoms with E-state index in [0.29, 0.717) is 0 Å². The third-order valence-corrected chi connectivity index (χ3v) is 5.80. The maximum absolute atomic E-state index is 3.73. The first-order valence-electron chi connectivity index (χ1n) is 5.96. The Hall–Kier alpha value is -0.120. The second kappa shape index (κ2) is 5.03. The zero-order chi connectivity index (χ0) is 10.8. The molecule has 86 valence electrons. The van der Waals surface area contributed by atoms with Gasteiger partial charge in [-0.05, 0) is 23.8 Å². The average Bonchev–Trinajstić information content (AvgIpc) is 2.96. The molecular weight excluding hydrogens is 234 g/mol. The van der Waals surface area contributed by atoms with Crippen molar-refractivity contribution in [1.82, 2.24) is 5.32 Å². The summed E-state index contributed by atoms with van der Waals surface area (Å²) in [5.74, 6) is 4.63. The molecule has 0 amide bonds. The van der Waals surface area contributed by atoms with Gasteiger partial charge in [0.25, 0.3) is 0 Å². The van der Waals surface area contributed by atoms with E-state index in [1.54, 1.807) is 5.56 Å². The van der Waals surface area contributed by atoms with E-state index in [2.05, 4.69) is 41.3 Å². The molecule has 1 aromatic carbocycles. The Morgan fingerprint density at radius 1 is 1.25 bits per heavy atom. The molecule has 0 spiro atoms. The monoisotopic (exact) mass is 251 g/mol. The Morgan fingerprint density at radius 3 is 3.06 bits per heavy atom. The number of fused-ring (bicyclic) bond motifs is 1. The second-order valence-electron chi connectivity index (χ2n) is 4.51. The van der Waals surface area contributed by atoms with Crippen LogP contribution in [0.4, 0.5) is 0 Å². The topological polar surface area (TPSA) is 12.0 Å². The molecule has 0 aliphatic carbocycles. The lowest BCUT2D eigenvalue weighted by Gasteiger charge is -2.16. The lowest BCUT2D eigenvalue weighted by atomic mass is 10.0. The van der Waals surface area contributed by atoms with Crippen LogP contribution < -0.4 is 5.32 Å². The van der Waals surface area contributed by atoms with Crippen molar-refractivity contribution in [2.45, 2.75) is 23.3 Å². The highest BCUT2D eigenvalue weighted by molar-refractivity contribution is 7.99. The minimum Gasteiger partial charge on any atom is -0.312 e. The molecule has 3 rings (SSSR count). The molecule has 0 saturated carbocycles. The molecule has 16 heavy (non-hydrogen) atoms. The van der Waals surface area contributed by atoms with E-state index in [1.165, 1.54) is 28.6 Å². The number of thioether (sulfide) groups is 2. The third kappa shape index (κ3) is 2.27. The number of rotatable bonds is 3. The minimum atomic E-state index is 0.729. The zero-order valence-electron chi connectivity index (χ0n) is 9.32. The molecule has 1 fully saturated rings. The first kappa shape index (κ1) is 11.0. The normalized spacial score (nSPS) is 28.2. The molecule has 2 aliphatic rings. The van der Waals surface area contributed by atoms with Crippen LogP contribution in [0, 0.1) is 0 Å². The highest BCUT2D eigenvalue weighted by Gasteiger charge is 2.24. The van der Waals surface area contributed by atoms with E-state index in [-0.39, 0.29) is 0 Å². The fourth-order valence-corrected chi connectivity index (χ4v) is 4.84. The molecule has 3 heteroatoms. The quantitative estimate of drug-likeness (QED) is 0.887. The van der Waals surface area contributed by atoms with Crippen molar-refractivity contribution in [1.29, 1.82) is 0 Å². The fraction of sp³-hybridized carbons (Fsp3) is 0.538. The van der Waals surface area contributed by atoms with Gasteiger partial charge in [-0.2, -0.15) is 11.8 Å². The lowest BCUT2D eigenvalue weighted by Crippen LogP contribution is -2.32. The van der Waals surface area contributed by atoms with Crippen LogP contribution in [-0.4, -0.2) is 29.8 Å². The van der Waals surface area contributed by atoms with Gasteiger partial charge in [-0.15, -0.1) is 11.8 Å². The van der Waals surface area contributed by atoms with Gasteiger partial charge in [0.15, 0.2) is 0 Å². The molecule has 2 heterocycles. The van der Waals surface area contributed by atoms with Crippen LogP contribution in [0.2, 0.25) is 0 Å². The smallest absolute Gasteiger partial charge is 0.0166 e. The fourth-order valence-electron chi connectivity index (χ4n) is 2.40. The van der Waals surface area contributed by atoms with Gasteiger partial charge in [-0.25, -0.2) is 0 Å². The Morgan fingerprint density at radius 2 is 2.19 bits per heavy atom. The van der Waals surface area contributed by atoms with Crippen LogP contribution in [-0.2, 0) is 0 Å². The molecule has 0 bridgehead atoms. The Labute approximate surface area is 106 Å². The summed E-state index contributed by atoms with van der Waals surface area (Å²) in [6.45, 7) is 1.16. The van der Waals surface area contributed by atoms with E-state index in [0.717, 1.165) is 18.5 Å². The van der Waals surface area contributed by atoms with E-state index >= 15 is 0 Å². The minimum absolute atomic E-state index is 0.729. The van der Waals surface area contributed by atoms with Crippen LogP contribution in [0.5, 0.6) is 0 Å². The van der Waals surface area contributed by atoms with E-state index in [4.69, 9.17) is 0 Å². The van der Waals surface area contributed by atoms with Gasteiger partial charge in [0, 0.05) is 34.9 Å². The van der Waals surface area contributed by atoms with Gasteiger partial charge in [-0.3, -0.25) is 0 Å². The third-order valence-electron chi connectivity index (χ3n) is 3.38. The summed E-state index contributed by atoms with van der Waals surface area (Å²) in [6.07, 6.45) is 1.35. The van der Waals surface area contributed by atoms with E-state index < -0.39 is 0 Å². The molecule has 2 aliphatic heterocycles. The summed E-state index contributed by atoms with van der Waals surface area (Å²) < 4.78 is 0. The van der Waals surface area contributed by atoms with E-state index in [1.807, 2.05) is 11.8 Å². The van der Waals surface area contributed by atoms with E-state index in [9.17, 15) is 0 Å². The van der Waals surface area contributed by atoms with Crippen molar-refractivity contribution in [3.8, 4) is 0 Å². The van der Waals surface area contributed by atoms with Gasteiger partial charge < -0.3 is 5.32 Å². The molecule has 1 N–H and O–H groups in total. The number of hydrogen-bond acceptors (Lipinski definition) is 3. The van der Waals surface area contributed by atoms with Crippen LogP contribution in [0.3, 0.4) is 0 Å². The molecular formula is C13H17NS2. The van der Waals surface area contributed by atoms with Gasteiger partial charge in [0.1, 0.15) is 0 Å². The summed E-state index contributed by atoms with van der Waals surface area (Å²) in [5.41, 5.74) is 1.56. The standard InChI is InChI=1S/C13H17NS2/c1-2-4-13-12(3-1)10(8-16-13)7-14-11-5-6-15-9-11/h1-4,10-11,14H,5-9H2. The van der Waals surface area contributed by atoms with Gasteiger partial charge in [0.2, 0.25) is 0 Å². The number of hydrogen-bond donors (Lipinski definition) is 1. The SMILES string of the molecule is c1ccc2c(c1)SCC2CNC1CCSC1. The van der Waals surface area contributed by atoms with Gasteiger partial charge >= 0.3 is 0 Å². The van der Waals surface area contributed by atoms with Crippen molar-refractivity contribution < 1.29 is 0 Å². The molecule has 0 radical (unpaired) electrons. The summed E-state index contributed by atoms with van der Waals surface area (Å²) in [6, 6.07) is 9.64. The summed E-state index contributed by atoms with van der Waals surface area (Å²) >= 11 is 4.10. The van der Waals surface area contributed by atoms with Crippen molar-refractivity contribution in [2.75, 3.05) is 23.8 Å². The average molecular weight is 251 g/mol. The molecule has 1 saturated heterocycles. The lowest BCUT2D eigenvalue weighted by molar-refractivity contribution is 0.529. The first-order chi connectivity index (χ1) is 7.93. The highest BCUT2D eigenvalue weighted by atomic mass is 32.2.